The molecule has 0 spiro atoms. The molecule has 0 N–H and O–H groups in total. The van der Waals surface area contributed by atoms with Crippen LogP contribution in [0.2, 0.25) is 0 Å². The molecule has 0 amide bonds. The monoisotopic (exact) mass is 331 g/mol. The normalized spacial score (nSPS) is 22.4. The average molecular weight is 331 g/mol. The molecule has 128 valence electrons. The fourth-order valence-electron chi connectivity index (χ4n) is 4.70. The first-order valence-corrected chi connectivity index (χ1v) is 9.40. The number of nitrogens with zero attached hydrogens (tertiary/aromatic N) is 3. The van der Waals surface area contributed by atoms with Gasteiger partial charge in [-0.2, -0.15) is 0 Å². The summed E-state index contributed by atoms with van der Waals surface area (Å²) in [6, 6.07) is 15.8. The third kappa shape index (κ3) is 2.46. The maximum atomic E-state index is 2.53. The minimum atomic E-state index is 0.469. The zero-order chi connectivity index (χ0) is 16.8. The summed E-state index contributed by atoms with van der Waals surface area (Å²) in [6.07, 6.45) is 6.86. The molecule has 0 aliphatic carbocycles. The van der Waals surface area contributed by atoms with Gasteiger partial charge in [0.05, 0.1) is 5.69 Å². The van der Waals surface area contributed by atoms with Gasteiger partial charge >= 0.3 is 0 Å². The van der Waals surface area contributed by atoms with Crippen LogP contribution in [0.3, 0.4) is 0 Å². The van der Waals surface area contributed by atoms with Crippen LogP contribution in [0, 0.1) is 0 Å². The van der Waals surface area contributed by atoms with Crippen molar-refractivity contribution in [2.45, 2.75) is 25.3 Å². The zero-order valence-corrected chi connectivity index (χ0v) is 14.9. The number of hydrogen-bond acceptors (Lipinski definition) is 3. The van der Waals surface area contributed by atoms with Crippen molar-refractivity contribution in [2.75, 3.05) is 31.7 Å². The lowest BCUT2D eigenvalue weighted by Crippen LogP contribution is -2.39. The van der Waals surface area contributed by atoms with Gasteiger partial charge in [0.25, 0.3) is 0 Å². The van der Waals surface area contributed by atoms with Crippen molar-refractivity contribution < 1.29 is 0 Å². The largest absolute Gasteiger partial charge is 0.301 e. The van der Waals surface area contributed by atoms with Crippen molar-refractivity contribution in [3.63, 3.8) is 0 Å². The van der Waals surface area contributed by atoms with Crippen molar-refractivity contribution >= 4 is 5.69 Å². The number of anilines is 1. The molecule has 2 aromatic carbocycles. The van der Waals surface area contributed by atoms with E-state index >= 15 is 0 Å². The Kier molecular flexibility index (Phi) is 3.56. The van der Waals surface area contributed by atoms with E-state index in [4.69, 9.17) is 0 Å². The fourth-order valence-corrected chi connectivity index (χ4v) is 4.70. The quantitative estimate of drug-likeness (QED) is 0.829. The molecule has 0 saturated carbocycles. The molecular weight excluding hydrogens is 306 g/mol. The van der Waals surface area contributed by atoms with Crippen molar-refractivity contribution in [2.24, 2.45) is 0 Å². The lowest BCUT2D eigenvalue weighted by atomic mass is 9.83. The van der Waals surface area contributed by atoms with E-state index in [1.54, 1.807) is 0 Å². The van der Waals surface area contributed by atoms with Gasteiger partial charge in [-0.3, -0.25) is 10.0 Å². The summed E-state index contributed by atoms with van der Waals surface area (Å²) in [7, 11) is 2.26. The average Bonchev–Trinajstić information content (AvgIpc) is 3.31. The molecule has 3 aliphatic heterocycles. The molecule has 0 bridgehead atoms. The Balaban J connectivity index is 1.62. The summed E-state index contributed by atoms with van der Waals surface area (Å²) < 4.78 is 0. The third-order valence-corrected chi connectivity index (χ3v) is 5.87. The number of fused-ring (bicyclic) bond motifs is 3. The molecule has 3 nitrogen and oxygen atoms in total. The molecule has 25 heavy (non-hydrogen) atoms. The van der Waals surface area contributed by atoms with E-state index in [1.165, 1.54) is 27.9 Å². The van der Waals surface area contributed by atoms with Crippen LogP contribution in [0.15, 0.2) is 54.7 Å². The minimum absolute atomic E-state index is 0.469. The van der Waals surface area contributed by atoms with Crippen LogP contribution in [0.1, 0.15) is 34.6 Å². The highest BCUT2D eigenvalue weighted by atomic mass is 15.6. The summed E-state index contributed by atoms with van der Waals surface area (Å²) in [6.45, 7) is 4.37. The summed E-state index contributed by atoms with van der Waals surface area (Å²) >= 11 is 0. The molecule has 0 fully saturated rings. The molecule has 3 heteroatoms. The predicted octanol–water partition coefficient (Wildman–Crippen LogP) is 3.76. The number of hydrazine groups is 1. The van der Waals surface area contributed by atoms with Crippen LogP contribution >= 0.6 is 0 Å². The van der Waals surface area contributed by atoms with Crippen molar-refractivity contribution in [3.05, 3.63) is 77.0 Å². The first-order valence-electron chi connectivity index (χ1n) is 9.40. The van der Waals surface area contributed by atoms with E-state index in [0.717, 1.165) is 39.0 Å². The molecule has 0 aromatic heterocycles. The van der Waals surface area contributed by atoms with Crippen molar-refractivity contribution in [3.8, 4) is 0 Å². The Labute approximate surface area is 150 Å². The van der Waals surface area contributed by atoms with E-state index in [1.807, 2.05) is 0 Å². The summed E-state index contributed by atoms with van der Waals surface area (Å²) in [4.78, 5) is 2.48. The van der Waals surface area contributed by atoms with Crippen LogP contribution in [-0.2, 0) is 13.0 Å². The molecule has 5 rings (SSSR count). The van der Waals surface area contributed by atoms with Gasteiger partial charge in [0.2, 0.25) is 0 Å². The molecule has 1 unspecified atom stereocenters. The number of benzene rings is 2. The lowest BCUT2D eigenvalue weighted by Gasteiger charge is -2.38. The lowest BCUT2D eigenvalue weighted by molar-refractivity contribution is 0.293. The highest BCUT2D eigenvalue weighted by molar-refractivity contribution is 5.67. The second-order valence-electron chi connectivity index (χ2n) is 7.51. The maximum Gasteiger partial charge on any atom is 0.0654 e. The van der Waals surface area contributed by atoms with Gasteiger partial charge in [-0.15, -0.1) is 0 Å². The van der Waals surface area contributed by atoms with Crippen LogP contribution in [-0.4, -0.2) is 36.6 Å². The Morgan fingerprint density at radius 2 is 1.88 bits per heavy atom. The van der Waals surface area contributed by atoms with Gasteiger partial charge in [-0.1, -0.05) is 48.5 Å². The molecule has 0 saturated heterocycles. The van der Waals surface area contributed by atoms with E-state index in [-0.39, 0.29) is 0 Å². The third-order valence-electron chi connectivity index (χ3n) is 5.87. The SMILES string of the molecule is CN1Cc2c(ccc3c2N(N2C=CCC2)CC3)C(c2ccccc2)C1. The first-order chi connectivity index (χ1) is 12.3. The molecular formula is C22H25N3. The smallest absolute Gasteiger partial charge is 0.0654 e. The number of hydrogen-bond donors (Lipinski definition) is 0. The predicted molar refractivity (Wildman–Crippen MR) is 103 cm³/mol. The topological polar surface area (TPSA) is 9.72 Å². The number of rotatable bonds is 2. The van der Waals surface area contributed by atoms with Crippen LogP contribution in [0.4, 0.5) is 5.69 Å². The summed E-state index contributed by atoms with van der Waals surface area (Å²) in [5.74, 6) is 0.469. The van der Waals surface area contributed by atoms with Crippen LogP contribution in [0.5, 0.6) is 0 Å². The molecule has 3 heterocycles. The Morgan fingerprint density at radius 3 is 2.68 bits per heavy atom. The highest BCUT2D eigenvalue weighted by Crippen LogP contribution is 2.42. The maximum absolute atomic E-state index is 2.53. The van der Waals surface area contributed by atoms with Crippen LogP contribution < -0.4 is 5.01 Å². The molecule has 3 aliphatic rings. The van der Waals surface area contributed by atoms with Crippen molar-refractivity contribution in [1.29, 1.82) is 0 Å². The second kappa shape index (κ2) is 5.92. The standard InChI is InChI=1S/C22H25N3/c1-23-15-20(17-7-3-2-4-8-17)19-10-9-18-11-14-25(22(18)21(19)16-23)24-12-5-6-13-24/h2-5,7-10,12,20H,6,11,13-16H2,1H3. The Hall–Kier alpha value is -2.26. The van der Waals surface area contributed by atoms with Gasteiger partial charge in [0.15, 0.2) is 0 Å². The molecule has 1 atom stereocenters. The highest BCUT2D eigenvalue weighted by Gasteiger charge is 2.33. The zero-order valence-electron chi connectivity index (χ0n) is 14.9. The van der Waals surface area contributed by atoms with Gasteiger partial charge < -0.3 is 4.90 Å². The minimum Gasteiger partial charge on any atom is -0.301 e. The van der Waals surface area contributed by atoms with E-state index in [0.29, 0.717) is 5.92 Å². The fraction of sp³-hybridized carbons (Fsp3) is 0.364. The summed E-state index contributed by atoms with van der Waals surface area (Å²) in [5.41, 5.74) is 7.49. The van der Waals surface area contributed by atoms with E-state index in [9.17, 15) is 0 Å². The number of likely N-dealkylation sites (N-methyl/N-ethyl adjacent to an activating group) is 1. The van der Waals surface area contributed by atoms with Gasteiger partial charge in [0, 0.05) is 38.3 Å². The van der Waals surface area contributed by atoms with E-state index < -0.39 is 0 Å². The second-order valence-corrected chi connectivity index (χ2v) is 7.51. The van der Waals surface area contributed by atoms with Crippen LogP contribution in [0.25, 0.3) is 0 Å². The Bertz CT molecular complexity index is 812. The Morgan fingerprint density at radius 1 is 1.00 bits per heavy atom. The van der Waals surface area contributed by atoms with Crippen molar-refractivity contribution in [1.82, 2.24) is 9.91 Å². The van der Waals surface area contributed by atoms with E-state index in [2.05, 4.69) is 76.7 Å². The molecule has 0 radical (unpaired) electrons. The molecule has 2 aromatic rings. The van der Waals surface area contributed by atoms with Gasteiger partial charge in [-0.25, -0.2) is 0 Å². The van der Waals surface area contributed by atoms with Gasteiger partial charge in [0.1, 0.15) is 0 Å². The first kappa shape index (κ1) is 15.0. The van der Waals surface area contributed by atoms with Gasteiger partial charge in [-0.05, 0) is 42.1 Å². The summed E-state index contributed by atoms with van der Waals surface area (Å²) in [5, 5.41) is 4.94.